The van der Waals surface area contributed by atoms with E-state index in [0.29, 0.717) is 5.03 Å². The summed E-state index contributed by atoms with van der Waals surface area (Å²) in [6, 6.07) is 25.2. The largest absolute Gasteiger partial charge is 0.295 e. The van der Waals surface area contributed by atoms with Crippen LogP contribution >= 0.6 is 11.6 Å². The third-order valence-corrected chi connectivity index (χ3v) is 5.28. The number of halogens is 1. The van der Waals surface area contributed by atoms with Crippen molar-refractivity contribution in [1.82, 2.24) is 9.91 Å². The van der Waals surface area contributed by atoms with Crippen LogP contribution in [0, 0.1) is 0 Å². The van der Waals surface area contributed by atoms with Crippen molar-refractivity contribution in [2.24, 2.45) is 5.10 Å². The number of rotatable bonds is 5. The van der Waals surface area contributed by atoms with E-state index in [4.69, 9.17) is 11.6 Å². The van der Waals surface area contributed by atoms with E-state index in [1.54, 1.807) is 6.21 Å². The highest BCUT2D eigenvalue weighted by Gasteiger charge is 2.16. The molecule has 1 aliphatic rings. The molecule has 0 spiro atoms. The predicted octanol–water partition coefficient (Wildman–Crippen LogP) is 5.22. The van der Waals surface area contributed by atoms with Crippen molar-refractivity contribution in [3.8, 4) is 0 Å². The number of hydrazone groups is 1. The van der Waals surface area contributed by atoms with Crippen molar-refractivity contribution >= 4 is 34.7 Å². The fourth-order valence-corrected chi connectivity index (χ4v) is 3.73. The molecule has 3 aromatic rings. The Morgan fingerprint density at radius 2 is 1.57 bits per heavy atom. The van der Waals surface area contributed by atoms with Gasteiger partial charge in [0.05, 0.1) is 11.2 Å². The number of piperazine rings is 1. The van der Waals surface area contributed by atoms with Crippen LogP contribution in [0.5, 0.6) is 0 Å². The Labute approximate surface area is 171 Å². The zero-order valence-electron chi connectivity index (χ0n) is 15.8. The van der Waals surface area contributed by atoms with Gasteiger partial charge in [0.1, 0.15) is 0 Å². The molecule has 0 aromatic heterocycles. The molecule has 0 N–H and O–H groups in total. The van der Waals surface area contributed by atoms with Crippen molar-refractivity contribution in [2.75, 3.05) is 26.2 Å². The van der Waals surface area contributed by atoms with Crippen LogP contribution in [0.15, 0.2) is 82.9 Å². The molecule has 1 fully saturated rings. The van der Waals surface area contributed by atoms with Gasteiger partial charge in [0.25, 0.3) is 0 Å². The first-order valence-corrected chi connectivity index (χ1v) is 10.1. The highest BCUT2D eigenvalue weighted by Crippen LogP contribution is 2.20. The maximum atomic E-state index is 6.30. The summed E-state index contributed by atoms with van der Waals surface area (Å²) >= 11 is 6.30. The molecule has 1 heterocycles. The van der Waals surface area contributed by atoms with Gasteiger partial charge < -0.3 is 0 Å². The molecule has 1 saturated heterocycles. The number of hydrogen-bond donors (Lipinski definition) is 0. The lowest BCUT2D eigenvalue weighted by molar-refractivity contribution is 0.131. The lowest BCUT2D eigenvalue weighted by Gasteiger charge is -2.33. The number of nitrogens with zero attached hydrogens (tertiary/aromatic N) is 3. The van der Waals surface area contributed by atoms with Crippen LogP contribution in [0.1, 0.15) is 11.1 Å². The second-order valence-corrected chi connectivity index (χ2v) is 7.49. The summed E-state index contributed by atoms with van der Waals surface area (Å²) in [5.74, 6) is 0. The Morgan fingerprint density at radius 1 is 0.857 bits per heavy atom. The Morgan fingerprint density at radius 3 is 2.39 bits per heavy atom. The van der Waals surface area contributed by atoms with Gasteiger partial charge in [0.2, 0.25) is 0 Å². The Kier molecular flexibility index (Phi) is 6.05. The first-order chi connectivity index (χ1) is 13.8. The average Bonchev–Trinajstić information content (AvgIpc) is 2.74. The van der Waals surface area contributed by atoms with E-state index in [2.05, 4.69) is 57.5 Å². The maximum Gasteiger partial charge on any atom is 0.0657 e. The third kappa shape index (κ3) is 4.80. The van der Waals surface area contributed by atoms with Crippen LogP contribution in [0.4, 0.5) is 0 Å². The molecular formula is C24H24ClN3. The highest BCUT2D eigenvalue weighted by atomic mass is 35.5. The molecule has 0 amide bonds. The van der Waals surface area contributed by atoms with E-state index in [-0.39, 0.29) is 0 Å². The van der Waals surface area contributed by atoms with E-state index in [0.717, 1.165) is 38.3 Å². The van der Waals surface area contributed by atoms with Crippen molar-refractivity contribution in [2.45, 2.75) is 6.54 Å². The molecule has 3 aromatic carbocycles. The summed E-state index contributed by atoms with van der Waals surface area (Å²) in [5.41, 5.74) is 2.47. The monoisotopic (exact) mass is 389 g/mol. The first-order valence-electron chi connectivity index (χ1n) is 9.68. The number of allylic oxidation sites excluding steroid dienone is 1. The topological polar surface area (TPSA) is 18.8 Å². The second-order valence-electron chi connectivity index (χ2n) is 7.05. The van der Waals surface area contributed by atoms with E-state index in [9.17, 15) is 0 Å². The zero-order valence-corrected chi connectivity index (χ0v) is 16.6. The lowest BCUT2D eigenvalue weighted by Crippen LogP contribution is -2.43. The van der Waals surface area contributed by atoms with Gasteiger partial charge in [-0.3, -0.25) is 9.91 Å². The van der Waals surface area contributed by atoms with Gasteiger partial charge >= 0.3 is 0 Å². The number of fused-ring (bicyclic) bond motifs is 1. The molecule has 3 nitrogen and oxygen atoms in total. The van der Waals surface area contributed by atoms with Crippen molar-refractivity contribution in [3.05, 3.63) is 89.0 Å². The summed E-state index contributed by atoms with van der Waals surface area (Å²) in [7, 11) is 0. The summed E-state index contributed by atoms with van der Waals surface area (Å²) < 4.78 is 0. The van der Waals surface area contributed by atoms with Gasteiger partial charge in [0.15, 0.2) is 0 Å². The van der Waals surface area contributed by atoms with Gasteiger partial charge in [-0.05, 0) is 28.0 Å². The van der Waals surface area contributed by atoms with Gasteiger partial charge in [-0.1, -0.05) is 84.4 Å². The van der Waals surface area contributed by atoms with E-state index in [1.165, 1.54) is 16.3 Å². The molecule has 1 aliphatic heterocycles. The van der Waals surface area contributed by atoms with E-state index in [1.807, 2.05) is 36.4 Å². The van der Waals surface area contributed by atoms with Crippen molar-refractivity contribution in [3.63, 3.8) is 0 Å². The van der Waals surface area contributed by atoms with Crippen molar-refractivity contribution < 1.29 is 0 Å². The van der Waals surface area contributed by atoms with Crippen molar-refractivity contribution in [1.29, 1.82) is 0 Å². The molecule has 142 valence electrons. The van der Waals surface area contributed by atoms with Gasteiger partial charge in [-0.15, -0.1) is 0 Å². The fraction of sp³-hybridized carbons (Fsp3) is 0.208. The van der Waals surface area contributed by atoms with Crippen LogP contribution in [-0.2, 0) is 6.54 Å². The molecule has 0 radical (unpaired) electrons. The molecule has 0 aliphatic carbocycles. The minimum atomic E-state index is 0.643. The number of benzene rings is 3. The predicted molar refractivity (Wildman–Crippen MR) is 120 cm³/mol. The van der Waals surface area contributed by atoms with Crippen LogP contribution in [0.2, 0.25) is 0 Å². The molecule has 0 atom stereocenters. The quantitative estimate of drug-likeness (QED) is 0.557. The minimum absolute atomic E-state index is 0.643. The summed E-state index contributed by atoms with van der Waals surface area (Å²) in [6.45, 7) is 4.81. The summed E-state index contributed by atoms with van der Waals surface area (Å²) in [4.78, 5) is 2.50. The number of hydrogen-bond acceptors (Lipinski definition) is 3. The van der Waals surface area contributed by atoms with Gasteiger partial charge in [-0.25, -0.2) is 0 Å². The first kappa shape index (κ1) is 18.7. The molecule has 0 unspecified atom stereocenters. The average molecular weight is 390 g/mol. The SMILES string of the molecule is ClC(=C\c1ccccc1)/C=N/N1CCN(Cc2cccc3ccccc23)CC1. The van der Waals surface area contributed by atoms with E-state index < -0.39 is 0 Å². The summed E-state index contributed by atoms with van der Waals surface area (Å²) in [6.07, 6.45) is 3.68. The minimum Gasteiger partial charge on any atom is -0.295 e. The third-order valence-electron chi connectivity index (χ3n) is 5.07. The molecular weight excluding hydrogens is 366 g/mol. The van der Waals surface area contributed by atoms with Crippen LogP contribution in [0.3, 0.4) is 0 Å². The summed E-state index contributed by atoms with van der Waals surface area (Å²) in [5, 5.41) is 9.95. The Bertz CT molecular complexity index is 968. The van der Waals surface area contributed by atoms with E-state index >= 15 is 0 Å². The Hall–Kier alpha value is -2.62. The highest BCUT2D eigenvalue weighted by molar-refractivity contribution is 6.41. The molecule has 28 heavy (non-hydrogen) atoms. The smallest absolute Gasteiger partial charge is 0.0657 e. The lowest BCUT2D eigenvalue weighted by atomic mass is 10.0. The molecule has 0 saturated carbocycles. The second kappa shape index (κ2) is 9.05. The van der Waals surface area contributed by atoms with Gasteiger partial charge in [-0.2, -0.15) is 5.10 Å². The van der Waals surface area contributed by atoms with Crippen LogP contribution in [-0.4, -0.2) is 42.3 Å². The van der Waals surface area contributed by atoms with Crippen LogP contribution in [0.25, 0.3) is 16.8 Å². The standard InChI is InChI=1S/C24H24ClN3/c25-23(17-20-7-2-1-3-8-20)18-26-28-15-13-27(14-16-28)19-22-11-6-10-21-9-4-5-12-24(21)22/h1-12,17-18H,13-16,19H2/b23-17-,26-18+. The molecule has 0 bridgehead atoms. The molecule has 4 rings (SSSR count). The normalized spacial score (nSPS) is 16.2. The zero-order chi connectivity index (χ0) is 19.2. The maximum absolute atomic E-state index is 6.30. The Balaban J connectivity index is 1.33. The van der Waals surface area contributed by atoms with Crippen LogP contribution < -0.4 is 0 Å². The fourth-order valence-electron chi connectivity index (χ4n) is 3.56. The molecule has 4 heteroatoms. The van der Waals surface area contributed by atoms with Gasteiger partial charge in [0, 0.05) is 32.7 Å².